The Bertz CT molecular complexity index is 905. The minimum Gasteiger partial charge on any atom is -0.463 e. The number of primary amides is 1. The Labute approximate surface area is 151 Å². The number of benzene rings is 1. The molecule has 1 aromatic carbocycles. The SMILES string of the molecule is Cc1nc(-c2ccco2)ccc1C(=O)NC(Cc1ccccc1)C(N)=O. The largest absolute Gasteiger partial charge is 0.463 e. The zero-order valence-electron chi connectivity index (χ0n) is 14.3. The van der Waals surface area contributed by atoms with Crippen molar-refractivity contribution >= 4 is 11.8 Å². The van der Waals surface area contributed by atoms with Gasteiger partial charge in [-0.2, -0.15) is 0 Å². The van der Waals surface area contributed by atoms with Crippen molar-refractivity contribution in [3.8, 4) is 11.5 Å². The lowest BCUT2D eigenvalue weighted by atomic mass is 10.0. The number of rotatable bonds is 6. The normalized spacial score (nSPS) is 11.7. The first-order valence-electron chi connectivity index (χ1n) is 8.20. The van der Waals surface area contributed by atoms with Crippen molar-refractivity contribution in [3.05, 3.63) is 77.7 Å². The average Bonchev–Trinajstić information content (AvgIpc) is 3.16. The Morgan fingerprint density at radius 1 is 1.12 bits per heavy atom. The van der Waals surface area contributed by atoms with E-state index < -0.39 is 11.9 Å². The molecule has 0 aliphatic carbocycles. The number of furan rings is 1. The van der Waals surface area contributed by atoms with Gasteiger partial charge >= 0.3 is 0 Å². The Kier molecular flexibility index (Phi) is 5.12. The van der Waals surface area contributed by atoms with Crippen molar-refractivity contribution in [2.24, 2.45) is 5.73 Å². The number of pyridine rings is 1. The summed E-state index contributed by atoms with van der Waals surface area (Å²) in [5.74, 6) is -0.347. The molecule has 2 heterocycles. The van der Waals surface area contributed by atoms with Crippen molar-refractivity contribution in [1.29, 1.82) is 0 Å². The van der Waals surface area contributed by atoms with Crippen LogP contribution in [0, 0.1) is 6.92 Å². The van der Waals surface area contributed by atoms with Crippen LogP contribution < -0.4 is 11.1 Å². The Morgan fingerprint density at radius 2 is 1.88 bits per heavy atom. The number of carbonyl (C=O) groups excluding carboxylic acids is 2. The van der Waals surface area contributed by atoms with Gasteiger partial charge in [-0.05, 0) is 36.8 Å². The van der Waals surface area contributed by atoms with Crippen LogP contribution in [0.2, 0.25) is 0 Å². The first-order chi connectivity index (χ1) is 12.5. The molecule has 3 rings (SSSR count). The second kappa shape index (κ2) is 7.65. The summed E-state index contributed by atoms with van der Waals surface area (Å²) in [4.78, 5) is 28.7. The first kappa shape index (κ1) is 17.4. The first-order valence-corrected chi connectivity index (χ1v) is 8.20. The molecule has 1 atom stereocenters. The van der Waals surface area contributed by atoms with E-state index in [1.807, 2.05) is 30.3 Å². The molecule has 3 N–H and O–H groups in total. The van der Waals surface area contributed by atoms with Gasteiger partial charge in [0.05, 0.1) is 17.5 Å². The van der Waals surface area contributed by atoms with Gasteiger partial charge in [0, 0.05) is 6.42 Å². The quantitative estimate of drug-likeness (QED) is 0.714. The van der Waals surface area contributed by atoms with E-state index in [1.54, 1.807) is 37.5 Å². The zero-order chi connectivity index (χ0) is 18.5. The highest BCUT2D eigenvalue weighted by atomic mass is 16.3. The minimum absolute atomic E-state index is 0.332. The lowest BCUT2D eigenvalue weighted by molar-refractivity contribution is -0.119. The molecule has 132 valence electrons. The van der Waals surface area contributed by atoms with Crippen molar-refractivity contribution in [3.63, 3.8) is 0 Å². The summed E-state index contributed by atoms with van der Waals surface area (Å²) in [5, 5.41) is 2.70. The Morgan fingerprint density at radius 3 is 2.50 bits per heavy atom. The number of aryl methyl sites for hydroxylation is 1. The fraction of sp³-hybridized carbons (Fsp3) is 0.150. The van der Waals surface area contributed by atoms with Gasteiger partial charge in [-0.3, -0.25) is 9.59 Å². The Hall–Kier alpha value is -3.41. The van der Waals surface area contributed by atoms with E-state index in [0.29, 0.717) is 29.1 Å². The molecule has 26 heavy (non-hydrogen) atoms. The second-order valence-electron chi connectivity index (χ2n) is 5.92. The number of amides is 2. The summed E-state index contributed by atoms with van der Waals surface area (Å²) in [6.07, 6.45) is 1.90. The summed E-state index contributed by atoms with van der Waals surface area (Å²) in [6.45, 7) is 1.73. The molecule has 0 saturated carbocycles. The standard InChI is InChI=1S/C20H19N3O3/c1-13-15(9-10-16(22-13)18-8-5-11-26-18)20(25)23-17(19(21)24)12-14-6-3-2-4-7-14/h2-11,17H,12H2,1H3,(H2,21,24)(H,23,25). The molecule has 6 nitrogen and oxygen atoms in total. The highest BCUT2D eigenvalue weighted by Crippen LogP contribution is 2.19. The van der Waals surface area contributed by atoms with Gasteiger partial charge in [-0.15, -0.1) is 0 Å². The second-order valence-corrected chi connectivity index (χ2v) is 5.92. The monoisotopic (exact) mass is 349 g/mol. The molecule has 2 aromatic heterocycles. The van der Waals surface area contributed by atoms with Crippen LogP contribution in [0.3, 0.4) is 0 Å². The molecule has 0 radical (unpaired) electrons. The molecule has 1 unspecified atom stereocenters. The summed E-state index contributed by atoms with van der Waals surface area (Å²) in [5.41, 5.74) is 7.94. The van der Waals surface area contributed by atoms with Gasteiger partial charge in [0.25, 0.3) is 5.91 Å². The maximum atomic E-state index is 12.6. The molecule has 0 spiro atoms. The molecule has 0 bridgehead atoms. The molecule has 3 aromatic rings. The van der Waals surface area contributed by atoms with Crippen LogP contribution in [0.15, 0.2) is 65.3 Å². The predicted molar refractivity (Wildman–Crippen MR) is 97.3 cm³/mol. The fourth-order valence-electron chi connectivity index (χ4n) is 2.67. The summed E-state index contributed by atoms with van der Waals surface area (Å²) < 4.78 is 5.31. The van der Waals surface area contributed by atoms with Crippen molar-refractivity contribution in [1.82, 2.24) is 10.3 Å². The van der Waals surface area contributed by atoms with Crippen LogP contribution in [-0.4, -0.2) is 22.8 Å². The third-order valence-electron chi connectivity index (χ3n) is 4.04. The number of nitrogens with zero attached hydrogens (tertiary/aromatic N) is 1. The van der Waals surface area contributed by atoms with Crippen LogP contribution in [0.1, 0.15) is 21.6 Å². The zero-order valence-corrected chi connectivity index (χ0v) is 14.3. The van der Waals surface area contributed by atoms with E-state index in [9.17, 15) is 9.59 Å². The van der Waals surface area contributed by atoms with Gasteiger partial charge in [0.2, 0.25) is 5.91 Å². The van der Waals surface area contributed by atoms with Gasteiger partial charge in [0.1, 0.15) is 11.7 Å². The topological polar surface area (TPSA) is 98.2 Å². The summed E-state index contributed by atoms with van der Waals surface area (Å²) >= 11 is 0. The van der Waals surface area contributed by atoms with Crippen LogP contribution in [0.5, 0.6) is 0 Å². The Balaban J connectivity index is 1.76. The van der Waals surface area contributed by atoms with E-state index >= 15 is 0 Å². The number of carbonyl (C=O) groups is 2. The summed E-state index contributed by atoms with van der Waals surface area (Å²) in [7, 11) is 0. The molecule has 2 amide bonds. The van der Waals surface area contributed by atoms with Gasteiger partial charge in [0.15, 0.2) is 5.76 Å². The summed E-state index contributed by atoms with van der Waals surface area (Å²) in [6, 6.07) is 15.5. The van der Waals surface area contributed by atoms with Gasteiger partial charge < -0.3 is 15.5 Å². The highest BCUT2D eigenvalue weighted by Gasteiger charge is 2.21. The van der Waals surface area contributed by atoms with E-state index in [1.165, 1.54) is 0 Å². The number of nitrogens with two attached hydrogens (primary N) is 1. The lowest BCUT2D eigenvalue weighted by Gasteiger charge is -2.16. The number of hydrogen-bond donors (Lipinski definition) is 2. The molecule has 0 aliphatic rings. The lowest BCUT2D eigenvalue weighted by Crippen LogP contribution is -2.46. The third kappa shape index (κ3) is 3.97. The van der Waals surface area contributed by atoms with Gasteiger partial charge in [-0.1, -0.05) is 30.3 Å². The van der Waals surface area contributed by atoms with E-state index in [4.69, 9.17) is 10.2 Å². The molecule has 6 heteroatoms. The predicted octanol–water partition coefficient (Wildman–Crippen LogP) is 2.48. The van der Waals surface area contributed by atoms with Crippen molar-refractivity contribution in [2.75, 3.05) is 0 Å². The molecular formula is C20H19N3O3. The van der Waals surface area contributed by atoms with Crippen LogP contribution in [0.4, 0.5) is 0 Å². The molecule has 0 fully saturated rings. The van der Waals surface area contributed by atoms with E-state index in [0.717, 1.165) is 5.56 Å². The molecular weight excluding hydrogens is 330 g/mol. The molecule has 0 aliphatic heterocycles. The highest BCUT2D eigenvalue weighted by molar-refractivity contribution is 5.98. The average molecular weight is 349 g/mol. The third-order valence-corrected chi connectivity index (χ3v) is 4.04. The number of nitrogens with one attached hydrogen (secondary N) is 1. The van der Waals surface area contributed by atoms with Crippen LogP contribution in [0.25, 0.3) is 11.5 Å². The van der Waals surface area contributed by atoms with Crippen LogP contribution in [-0.2, 0) is 11.2 Å². The van der Waals surface area contributed by atoms with Gasteiger partial charge in [-0.25, -0.2) is 4.98 Å². The van der Waals surface area contributed by atoms with Crippen LogP contribution >= 0.6 is 0 Å². The van der Waals surface area contributed by atoms with E-state index in [-0.39, 0.29) is 5.91 Å². The van der Waals surface area contributed by atoms with Crippen molar-refractivity contribution in [2.45, 2.75) is 19.4 Å². The smallest absolute Gasteiger partial charge is 0.253 e. The number of aromatic nitrogens is 1. The number of hydrogen-bond acceptors (Lipinski definition) is 4. The fourth-order valence-corrected chi connectivity index (χ4v) is 2.67. The van der Waals surface area contributed by atoms with Crippen molar-refractivity contribution < 1.29 is 14.0 Å². The minimum atomic E-state index is -0.797. The van der Waals surface area contributed by atoms with E-state index in [2.05, 4.69) is 10.3 Å². The maximum Gasteiger partial charge on any atom is 0.253 e. The maximum absolute atomic E-state index is 12.6. The molecule has 0 saturated heterocycles.